The van der Waals surface area contributed by atoms with Crippen LogP contribution >= 0.6 is 0 Å². The Bertz CT molecular complexity index is 2800. The van der Waals surface area contributed by atoms with E-state index < -0.39 is 11.6 Å². The van der Waals surface area contributed by atoms with Crippen LogP contribution in [0, 0.1) is 5.92 Å². The molecule has 3 N–H and O–H groups in total. The molecular formula is C46H53N13O4. The molecule has 326 valence electrons. The number of nitrogens with one attached hydrogen (secondary N) is 2. The summed E-state index contributed by atoms with van der Waals surface area (Å²) in [6.07, 6.45) is 7.70. The summed E-state index contributed by atoms with van der Waals surface area (Å²) in [7, 11) is 1.90. The normalized spacial score (nSPS) is 19.9. The summed E-state index contributed by atoms with van der Waals surface area (Å²) >= 11 is 0. The number of hydrogen-bond donors (Lipinski definition) is 3. The molecule has 4 aromatic heterocycles. The second-order valence-corrected chi connectivity index (χ2v) is 17.3. The van der Waals surface area contributed by atoms with Gasteiger partial charge in [-0.2, -0.15) is 10.1 Å². The number of carbonyl (C=O) groups excluding carboxylic acids is 2. The van der Waals surface area contributed by atoms with Crippen molar-refractivity contribution in [3.8, 4) is 5.82 Å². The van der Waals surface area contributed by atoms with Gasteiger partial charge in [0.15, 0.2) is 17.3 Å². The van der Waals surface area contributed by atoms with Gasteiger partial charge in [0, 0.05) is 94.5 Å². The molecule has 4 aliphatic rings. The maximum Gasteiger partial charge on any atom is 0.329 e. The fraction of sp³-hybridized carbons (Fsp3) is 0.413. The number of nitrogens with zero attached hydrogens (tertiary/aromatic N) is 11. The van der Waals surface area contributed by atoms with Crippen molar-refractivity contribution in [1.82, 2.24) is 44.3 Å². The molecule has 7 heterocycles. The number of rotatable bonds is 11. The van der Waals surface area contributed by atoms with E-state index in [0.29, 0.717) is 59.6 Å². The number of fused-ring (bicyclic) bond motifs is 3. The quantitative estimate of drug-likeness (QED) is 0.152. The number of allylic oxidation sites excluding steroid dienone is 1. The van der Waals surface area contributed by atoms with E-state index >= 15 is 0 Å². The van der Waals surface area contributed by atoms with Gasteiger partial charge in [-0.15, -0.1) is 6.58 Å². The van der Waals surface area contributed by atoms with Crippen LogP contribution in [0.1, 0.15) is 50.3 Å². The van der Waals surface area contributed by atoms with Gasteiger partial charge in [0.05, 0.1) is 17.8 Å². The Balaban J connectivity index is 0.744. The van der Waals surface area contributed by atoms with Crippen LogP contribution in [0.25, 0.3) is 27.8 Å². The molecule has 3 saturated heterocycles. The molecule has 6 aromatic rings. The first-order valence-electron chi connectivity index (χ1n) is 22.1. The number of carbonyl (C=O) groups is 2. The lowest BCUT2D eigenvalue weighted by Crippen LogP contribution is -2.49. The molecule has 1 aliphatic carbocycles. The molecule has 17 nitrogen and oxygen atoms in total. The van der Waals surface area contributed by atoms with Crippen LogP contribution in [0.5, 0.6) is 0 Å². The molecule has 0 radical (unpaired) electrons. The molecule has 63 heavy (non-hydrogen) atoms. The van der Waals surface area contributed by atoms with Gasteiger partial charge in [0.25, 0.3) is 5.56 Å². The molecule has 17 heteroatoms. The van der Waals surface area contributed by atoms with E-state index in [4.69, 9.17) is 9.97 Å². The minimum absolute atomic E-state index is 0.237. The smallest absolute Gasteiger partial charge is 0.329 e. The predicted molar refractivity (Wildman–Crippen MR) is 243 cm³/mol. The third-order valence-corrected chi connectivity index (χ3v) is 13.5. The van der Waals surface area contributed by atoms with Crippen molar-refractivity contribution in [3.63, 3.8) is 0 Å². The predicted octanol–water partition coefficient (Wildman–Crippen LogP) is 4.82. The van der Waals surface area contributed by atoms with Crippen molar-refractivity contribution < 1.29 is 14.7 Å². The Hall–Kier alpha value is -6.59. The topological polar surface area (TPSA) is 175 Å². The van der Waals surface area contributed by atoms with E-state index in [1.165, 1.54) is 5.69 Å². The standard InChI is InChI=1S/C46H53N13O4/c1-4-19-58-43(61)36-28-47-44(51-41(36)59(58)38-13-6-31-14-18-46(63,5-2)40(31)49-38)48-32-7-9-33(10-8-32)56-25-23-54(24-26-56)29-30-15-20-55(21-16-30)34-11-12-35-37(27-34)53(3)52-42(35)57-22-17-39(60)50-45(57)62/h4,6-13,27-28,30,63H,1,5,14-26,29H2,2-3H3,(H,47,48,51)(H,50,60,62)/t46-/m1/s1. The Morgan fingerprint density at radius 1 is 0.905 bits per heavy atom. The van der Waals surface area contributed by atoms with Crippen molar-refractivity contribution in [2.75, 3.05) is 72.4 Å². The number of anilines is 5. The third kappa shape index (κ3) is 7.48. The summed E-state index contributed by atoms with van der Waals surface area (Å²) in [5.41, 5.74) is 5.01. The van der Waals surface area contributed by atoms with Crippen molar-refractivity contribution in [2.45, 2.75) is 57.6 Å². The van der Waals surface area contributed by atoms with Crippen molar-refractivity contribution in [3.05, 3.63) is 95.1 Å². The van der Waals surface area contributed by atoms with E-state index in [-0.39, 0.29) is 24.4 Å². The van der Waals surface area contributed by atoms with Crippen molar-refractivity contribution in [2.24, 2.45) is 13.0 Å². The van der Waals surface area contributed by atoms with Crippen LogP contribution in [0.3, 0.4) is 0 Å². The minimum atomic E-state index is -0.992. The van der Waals surface area contributed by atoms with E-state index in [9.17, 15) is 19.5 Å². The average molecular weight is 852 g/mol. The van der Waals surface area contributed by atoms with E-state index in [1.54, 1.807) is 26.5 Å². The lowest BCUT2D eigenvalue weighted by Gasteiger charge is -2.40. The van der Waals surface area contributed by atoms with Gasteiger partial charge in [-0.25, -0.2) is 24.1 Å². The molecule has 1 atom stereocenters. The zero-order valence-electron chi connectivity index (χ0n) is 35.8. The van der Waals surface area contributed by atoms with Crippen LogP contribution in [0.4, 0.5) is 33.6 Å². The minimum Gasteiger partial charge on any atom is -0.384 e. The fourth-order valence-corrected chi connectivity index (χ4v) is 9.81. The Labute approximate surface area is 364 Å². The summed E-state index contributed by atoms with van der Waals surface area (Å²) in [5.74, 6) is 1.84. The van der Waals surface area contributed by atoms with E-state index in [0.717, 1.165) is 92.9 Å². The lowest BCUT2D eigenvalue weighted by molar-refractivity contribution is -0.120. The SMILES string of the molecule is C=CCn1c(=O)c2cnc(Nc3ccc(N4CCN(CC5CCN(c6ccc7c(N8CCC(=O)NC8=O)nn(C)c7c6)CC5)CC4)cc3)nc2n1-c1ccc2c(n1)[C@@](O)(CC)CC2. The number of pyridine rings is 1. The van der Waals surface area contributed by atoms with Crippen LogP contribution in [0.2, 0.25) is 0 Å². The lowest BCUT2D eigenvalue weighted by atomic mass is 9.95. The maximum atomic E-state index is 13.5. The van der Waals surface area contributed by atoms with E-state index in [2.05, 4.69) is 66.3 Å². The number of piperidine rings is 1. The summed E-state index contributed by atoms with van der Waals surface area (Å²) in [5, 5.41) is 22.9. The number of hydrogen-bond acceptors (Lipinski definition) is 12. The molecule has 3 aliphatic heterocycles. The molecular weight excluding hydrogens is 799 g/mol. The molecule has 0 bridgehead atoms. The highest BCUT2D eigenvalue weighted by Gasteiger charge is 2.37. The van der Waals surface area contributed by atoms with Gasteiger partial charge < -0.3 is 20.2 Å². The zero-order valence-corrected chi connectivity index (χ0v) is 35.8. The first-order valence-corrected chi connectivity index (χ1v) is 22.1. The average Bonchev–Trinajstić information content (AvgIpc) is 3.91. The van der Waals surface area contributed by atoms with Crippen molar-refractivity contribution >= 4 is 62.7 Å². The molecule has 3 fully saturated rings. The second-order valence-electron chi connectivity index (χ2n) is 17.3. The molecule has 0 spiro atoms. The zero-order chi connectivity index (χ0) is 43.4. The van der Waals surface area contributed by atoms with E-state index in [1.807, 2.05) is 49.0 Å². The van der Waals surface area contributed by atoms with Gasteiger partial charge in [0.1, 0.15) is 11.0 Å². The number of amides is 3. The number of aromatic nitrogens is 7. The third-order valence-electron chi connectivity index (χ3n) is 13.5. The van der Waals surface area contributed by atoms with Crippen LogP contribution < -0.4 is 30.9 Å². The molecule has 10 rings (SSSR count). The highest BCUT2D eigenvalue weighted by Crippen LogP contribution is 2.39. The summed E-state index contributed by atoms with van der Waals surface area (Å²) in [6, 6.07) is 18.1. The summed E-state index contributed by atoms with van der Waals surface area (Å²) in [6.45, 7) is 13.4. The highest BCUT2D eigenvalue weighted by molar-refractivity contribution is 6.09. The van der Waals surface area contributed by atoms with Crippen molar-refractivity contribution in [1.29, 1.82) is 0 Å². The maximum absolute atomic E-state index is 13.5. The second kappa shape index (κ2) is 16.3. The Morgan fingerprint density at radius 2 is 1.67 bits per heavy atom. The number of benzene rings is 2. The number of urea groups is 1. The molecule has 0 saturated carbocycles. The first kappa shape index (κ1) is 40.5. The summed E-state index contributed by atoms with van der Waals surface area (Å²) in [4.78, 5) is 61.0. The van der Waals surface area contributed by atoms with Gasteiger partial charge in [0.2, 0.25) is 11.9 Å². The first-order chi connectivity index (χ1) is 30.6. The van der Waals surface area contributed by atoms with Gasteiger partial charge in [-0.05, 0) is 92.1 Å². The molecule has 3 amide bonds. The van der Waals surface area contributed by atoms with Gasteiger partial charge in [-0.3, -0.25) is 29.4 Å². The Morgan fingerprint density at radius 3 is 2.41 bits per heavy atom. The molecule has 0 unspecified atom stereocenters. The monoisotopic (exact) mass is 851 g/mol. The largest absolute Gasteiger partial charge is 0.384 e. The number of aryl methyl sites for hydroxylation is 2. The van der Waals surface area contributed by atoms with Gasteiger partial charge in [-0.1, -0.05) is 19.1 Å². The van der Waals surface area contributed by atoms with Gasteiger partial charge >= 0.3 is 6.03 Å². The number of imide groups is 1. The van der Waals surface area contributed by atoms with Crippen LogP contribution in [0.15, 0.2) is 78.2 Å². The van der Waals surface area contributed by atoms with Crippen LogP contribution in [-0.4, -0.2) is 108 Å². The molecule has 2 aromatic carbocycles. The van der Waals surface area contributed by atoms with Crippen LogP contribution in [-0.2, 0) is 30.4 Å². The summed E-state index contributed by atoms with van der Waals surface area (Å²) < 4.78 is 5.08. The Kier molecular flexibility index (Phi) is 10.5. The number of aliphatic hydroxyl groups is 1. The number of piperazine rings is 1. The fourth-order valence-electron chi connectivity index (χ4n) is 9.81. The highest BCUT2D eigenvalue weighted by atomic mass is 16.3.